The van der Waals surface area contributed by atoms with Gasteiger partial charge in [0.15, 0.2) is 0 Å². The van der Waals surface area contributed by atoms with Gasteiger partial charge in [-0.15, -0.1) is 12.4 Å². The van der Waals surface area contributed by atoms with E-state index in [-0.39, 0.29) is 36.6 Å². The minimum Gasteiger partial charge on any atom is -0.469 e. The van der Waals surface area contributed by atoms with Crippen LogP contribution in [-0.4, -0.2) is 32.1 Å². The van der Waals surface area contributed by atoms with E-state index in [2.05, 4.69) is 10.6 Å². The number of ether oxygens (including phenoxy) is 1. The average molecular weight is 347 g/mol. The maximum Gasteiger partial charge on any atom is 0.307 e. The zero-order chi connectivity index (χ0) is 15.2. The van der Waals surface area contributed by atoms with E-state index in [1.807, 2.05) is 12.1 Å². The van der Waals surface area contributed by atoms with Crippen LogP contribution in [0.5, 0.6) is 0 Å². The van der Waals surface area contributed by atoms with Gasteiger partial charge in [-0.1, -0.05) is 23.7 Å². The maximum atomic E-state index is 12.2. The van der Waals surface area contributed by atoms with Crippen molar-refractivity contribution in [1.82, 2.24) is 10.6 Å². The highest BCUT2D eigenvalue weighted by molar-refractivity contribution is 6.30. The molecule has 0 aliphatic carbocycles. The number of hydrogen-bond donors (Lipinski definition) is 2. The largest absolute Gasteiger partial charge is 0.469 e. The van der Waals surface area contributed by atoms with Crippen LogP contribution < -0.4 is 10.6 Å². The van der Waals surface area contributed by atoms with Gasteiger partial charge in [0.1, 0.15) is 0 Å². The number of methoxy groups -OCH3 is 1. The quantitative estimate of drug-likeness (QED) is 0.801. The van der Waals surface area contributed by atoms with Gasteiger partial charge in [-0.3, -0.25) is 9.59 Å². The van der Waals surface area contributed by atoms with Crippen molar-refractivity contribution in [3.63, 3.8) is 0 Å². The number of carbonyl (C=O) groups excluding carboxylic acids is 2. The second-order valence-electron chi connectivity index (χ2n) is 5.08. The van der Waals surface area contributed by atoms with Crippen LogP contribution in [0.25, 0.3) is 0 Å². The smallest absolute Gasteiger partial charge is 0.307 e. The van der Waals surface area contributed by atoms with E-state index in [1.54, 1.807) is 12.1 Å². The molecule has 1 fully saturated rings. The van der Waals surface area contributed by atoms with Gasteiger partial charge in [0.2, 0.25) is 5.91 Å². The molecule has 0 radical (unpaired) electrons. The molecule has 0 bridgehead atoms. The second kappa shape index (κ2) is 8.98. The number of nitrogens with one attached hydrogen (secondary N) is 2. The molecular formula is C15H20Cl2N2O3. The van der Waals surface area contributed by atoms with Crippen molar-refractivity contribution in [2.45, 2.75) is 18.9 Å². The average Bonchev–Trinajstić information content (AvgIpc) is 3.01. The Morgan fingerprint density at radius 2 is 2.09 bits per heavy atom. The summed E-state index contributed by atoms with van der Waals surface area (Å²) in [5.41, 5.74) is 0.837. The molecule has 5 nitrogen and oxygen atoms in total. The Balaban J connectivity index is 0.00000242. The van der Waals surface area contributed by atoms with Crippen molar-refractivity contribution in [2.24, 2.45) is 5.92 Å². The third-order valence-corrected chi connectivity index (χ3v) is 3.87. The fraction of sp³-hybridized carbons (Fsp3) is 0.467. The molecule has 2 atom stereocenters. The molecule has 0 aromatic heterocycles. The summed E-state index contributed by atoms with van der Waals surface area (Å²) in [5.74, 6) is -0.443. The predicted octanol–water partition coefficient (Wildman–Crippen LogP) is 2.09. The van der Waals surface area contributed by atoms with Gasteiger partial charge >= 0.3 is 5.97 Å². The summed E-state index contributed by atoms with van der Waals surface area (Å²) in [5, 5.41) is 6.71. The van der Waals surface area contributed by atoms with Crippen LogP contribution in [0.3, 0.4) is 0 Å². The third kappa shape index (κ3) is 5.16. The van der Waals surface area contributed by atoms with Gasteiger partial charge in [-0.25, -0.2) is 0 Å². The summed E-state index contributed by atoms with van der Waals surface area (Å²) in [6, 6.07) is 6.70. The molecule has 0 spiro atoms. The summed E-state index contributed by atoms with van der Waals surface area (Å²) in [7, 11) is 1.34. The van der Waals surface area contributed by atoms with Gasteiger partial charge in [0, 0.05) is 11.6 Å². The molecule has 0 saturated carbocycles. The molecule has 1 aliphatic heterocycles. The van der Waals surface area contributed by atoms with Crippen LogP contribution >= 0.6 is 24.0 Å². The van der Waals surface area contributed by atoms with Crippen LogP contribution in [0, 0.1) is 5.92 Å². The van der Waals surface area contributed by atoms with E-state index in [4.69, 9.17) is 16.3 Å². The Morgan fingerprint density at radius 3 is 2.64 bits per heavy atom. The number of carbonyl (C=O) groups is 2. The summed E-state index contributed by atoms with van der Waals surface area (Å²) in [6.45, 7) is 1.53. The number of amides is 1. The summed E-state index contributed by atoms with van der Waals surface area (Å²) in [4.78, 5) is 23.8. The van der Waals surface area contributed by atoms with E-state index < -0.39 is 6.04 Å². The Bertz CT molecular complexity index is 502. The lowest BCUT2D eigenvalue weighted by molar-refractivity contribution is -0.141. The molecule has 122 valence electrons. The van der Waals surface area contributed by atoms with E-state index >= 15 is 0 Å². The molecule has 2 rings (SSSR count). The molecule has 22 heavy (non-hydrogen) atoms. The van der Waals surface area contributed by atoms with Crippen LogP contribution in [0.2, 0.25) is 5.02 Å². The fourth-order valence-electron chi connectivity index (χ4n) is 2.37. The molecule has 1 aliphatic rings. The maximum absolute atomic E-state index is 12.2. The number of rotatable bonds is 5. The molecule has 0 unspecified atom stereocenters. The number of hydrogen-bond acceptors (Lipinski definition) is 4. The number of benzene rings is 1. The van der Waals surface area contributed by atoms with E-state index in [0.717, 1.165) is 18.5 Å². The lowest BCUT2D eigenvalue weighted by atomic mass is 10.0. The molecule has 1 aromatic rings. The normalized spacial score (nSPS) is 18.2. The van der Waals surface area contributed by atoms with Crippen LogP contribution in [0.4, 0.5) is 0 Å². The van der Waals surface area contributed by atoms with Crippen molar-refractivity contribution in [1.29, 1.82) is 0 Å². The van der Waals surface area contributed by atoms with Crippen molar-refractivity contribution in [3.8, 4) is 0 Å². The summed E-state index contributed by atoms with van der Waals surface area (Å²) in [6.07, 6.45) is 0.918. The lowest BCUT2D eigenvalue weighted by Crippen LogP contribution is -2.36. The number of halogens is 2. The lowest BCUT2D eigenvalue weighted by Gasteiger charge is -2.20. The van der Waals surface area contributed by atoms with Crippen molar-refractivity contribution in [3.05, 3.63) is 34.9 Å². The molecule has 1 saturated heterocycles. The van der Waals surface area contributed by atoms with E-state index in [1.165, 1.54) is 7.11 Å². The van der Waals surface area contributed by atoms with Gasteiger partial charge in [0.25, 0.3) is 0 Å². The van der Waals surface area contributed by atoms with E-state index in [9.17, 15) is 9.59 Å². The highest BCUT2D eigenvalue weighted by Crippen LogP contribution is 2.21. The van der Waals surface area contributed by atoms with E-state index in [0.29, 0.717) is 11.6 Å². The highest BCUT2D eigenvalue weighted by Gasteiger charge is 2.26. The predicted molar refractivity (Wildman–Crippen MR) is 87.2 cm³/mol. The third-order valence-electron chi connectivity index (χ3n) is 3.62. The minimum absolute atomic E-state index is 0. The Kier molecular flexibility index (Phi) is 7.65. The molecule has 1 aromatic carbocycles. The van der Waals surface area contributed by atoms with Crippen molar-refractivity contribution < 1.29 is 14.3 Å². The van der Waals surface area contributed by atoms with Gasteiger partial charge in [-0.2, -0.15) is 0 Å². The molecule has 7 heteroatoms. The summed E-state index contributed by atoms with van der Waals surface area (Å²) >= 11 is 5.87. The minimum atomic E-state index is -0.400. The molecule has 1 heterocycles. The van der Waals surface area contributed by atoms with Gasteiger partial charge < -0.3 is 15.4 Å². The van der Waals surface area contributed by atoms with Crippen molar-refractivity contribution >= 4 is 35.9 Å². The van der Waals surface area contributed by atoms with Crippen LogP contribution in [-0.2, 0) is 14.3 Å². The Hall–Kier alpha value is -1.30. The van der Waals surface area contributed by atoms with Gasteiger partial charge in [-0.05, 0) is 30.7 Å². The first-order valence-corrected chi connectivity index (χ1v) is 7.31. The van der Waals surface area contributed by atoms with Crippen molar-refractivity contribution in [2.75, 3.05) is 20.2 Å². The highest BCUT2D eigenvalue weighted by atomic mass is 35.5. The molecule has 1 amide bonds. The van der Waals surface area contributed by atoms with Crippen LogP contribution in [0.15, 0.2) is 24.3 Å². The monoisotopic (exact) mass is 346 g/mol. The first kappa shape index (κ1) is 18.7. The van der Waals surface area contributed by atoms with Crippen LogP contribution in [0.1, 0.15) is 24.4 Å². The second-order valence-corrected chi connectivity index (χ2v) is 5.52. The number of esters is 1. The zero-order valence-corrected chi connectivity index (χ0v) is 13.9. The van der Waals surface area contributed by atoms with Gasteiger partial charge in [0.05, 0.1) is 25.5 Å². The standard InChI is InChI=1S/C15H19ClN2O3.ClH/c1-21-14(19)8-13(10-2-4-12(16)5-3-10)18-15(20)11-6-7-17-9-11;/h2-5,11,13,17H,6-9H2,1H3,(H,18,20);1H/t11-,13+;/m1./s1. The Morgan fingerprint density at radius 1 is 1.41 bits per heavy atom. The first-order valence-electron chi connectivity index (χ1n) is 6.93. The molecule has 2 N–H and O–H groups in total. The summed E-state index contributed by atoms with van der Waals surface area (Å²) < 4.78 is 4.70. The molecular weight excluding hydrogens is 327 g/mol. The topological polar surface area (TPSA) is 67.4 Å². The zero-order valence-electron chi connectivity index (χ0n) is 12.3. The SMILES string of the molecule is COC(=O)C[C@H](NC(=O)[C@@H]1CCNC1)c1ccc(Cl)cc1.Cl. The first-order chi connectivity index (χ1) is 10.1. The fourth-order valence-corrected chi connectivity index (χ4v) is 2.49. The Labute approximate surface area is 141 Å².